The van der Waals surface area contributed by atoms with Crippen molar-refractivity contribution in [2.75, 3.05) is 37.6 Å². The lowest BCUT2D eigenvalue weighted by atomic mass is 10.1. The fraction of sp³-hybridized carbons (Fsp3) is 0.733. The van der Waals surface area contributed by atoms with Crippen LogP contribution in [0.15, 0.2) is 17.2 Å². The van der Waals surface area contributed by atoms with Crippen LogP contribution in [0.1, 0.15) is 26.2 Å². The lowest BCUT2D eigenvalue weighted by Crippen LogP contribution is -2.40. The van der Waals surface area contributed by atoms with Gasteiger partial charge in [0, 0.05) is 51.7 Å². The number of aryl methyl sites for hydroxylation is 1. The van der Waals surface area contributed by atoms with Crippen molar-refractivity contribution in [3.63, 3.8) is 0 Å². The van der Waals surface area contributed by atoms with Gasteiger partial charge >= 0.3 is 0 Å². The van der Waals surface area contributed by atoms with Crippen molar-refractivity contribution < 1.29 is 0 Å². The summed E-state index contributed by atoms with van der Waals surface area (Å²) < 4.78 is 1.59. The molecule has 1 saturated heterocycles. The third-order valence-corrected chi connectivity index (χ3v) is 4.32. The summed E-state index contributed by atoms with van der Waals surface area (Å²) in [6.45, 7) is 6.74. The number of nitrogens with zero attached hydrogens (tertiary/aromatic N) is 4. The number of anilines is 1. The minimum atomic E-state index is -0.0139. The predicted molar refractivity (Wildman–Crippen MR) is 85.6 cm³/mol. The van der Waals surface area contributed by atoms with Gasteiger partial charge in [0.05, 0.1) is 0 Å². The zero-order valence-electron chi connectivity index (χ0n) is 13.2. The molecule has 0 amide bonds. The Morgan fingerprint density at radius 1 is 1.33 bits per heavy atom. The Hall–Kier alpha value is -1.40. The van der Waals surface area contributed by atoms with Gasteiger partial charge in [0.2, 0.25) is 0 Å². The fourth-order valence-corrected chi connectivity index (χ4v) is 3.05. The first-order valence-electron chi connectivity index (χ1n) is 7.88. The molecule has 1 fully saturated rings. The van der Waals surface area contributed by atoms with Crippen LogP contribution in [-0.2, 0) is 7.05 Å². The maximum Gasteiger partial charge on any atom is 0.293 e. The number of rotatable bonds is 5. The molecule has 1 unspecified atom stereocenters. The van der Waals surface area contributed by atoms with Crippen molar-refractivity contribution in [2.45, 2.75) is 32.2 Å². The molecule has 1 aliphatic heterocycles. The van der Waals surface area contributed by atoms with Crippen molar-refractivity contribution in [1.29, 1.82) is 0 Å². The molecule has 0 bridgehead atoms. The summed E-state index contributed by atoms with van der Waals surface area (Å²) >= 11 is 0. The van der Waals surface area contributed by atoms with Gasteiger partial charge in [-0.2, -0.15) is 0 Å². The monoisotopic (exact) mass is 293 g/mol. The molecule has 1 aromatic rings. The molecule has 6 nitrogen and oxygen atoms in total. The molecule has 6 heteroatoms. The van der Waals surface area contributed by atoms with Gasteiger partial charge in [-0.15, -0.1) is 0 Å². The van der Waals surface area contributed by atoms with Gasteiger partial charge in [-0.25, -0.2) is 4.98 Å². The first-order valence-corrected chi connectivity index (χ1v) is 7.88. The second kappa shape index (κ2) is 7.56. The molecule has 0 saturated carbocycles. The normalized spacial score (nSPS) is 18.5. The van der Waals surface area contributed by atoms with Gasteiger partial charge in [-0.05, 0) is 25.8 Å². The molecular weight excluding hydrogens is 266 g/mol. The largest absolute Gasteiger partial charge is 0.351 e. The molecule has 2 N–H and O–H groups in total. The second-order valence-corrected chi connectivity index (χ2v) is 5.68. The standard InChI is InChI=1S/C15H27N5O/c1-3-13(5-6-16)19-8-4-9-20(12-11-19)14-15(21)18(2)10-7-17-14/h7,10,13H,3-6,8-9,11-12,16H2,1-2H3. The Kier molecular flexibility index (Phi) is 5.76. The van der Waals surface area contributed by atoms with E-state index in [2.05, 4.69) is 21.7 Å². The quantitative estimate of drug-likeness (QED) is 0.852. The van der Waals surface area contributed by atoms with E-state index < -0.39 is 0 Å². The van der Waals surface area contributed by atoms with Gasteiger partial charge in [-0.1, -0.05) is 6.92 Å². The maximum absolute atomic E-state index is 12.2. The molecule has 2 rings (SSSR count). The van der Waals surface area contributed by atoms with Gasteiger partial charge in [0.25, 0.3) is 5.56 Å². The Morgan fingerprint density at radius 3 is 2.86 bits per heavy atom. The van der Waals surface area contributed by atoms with E-state index in [1.165, 1.54) is 0 Å². The third-order valence-electron chi connectivity index (χ3n) is 4.32. The van der Waals surface area contributed by atoms with E-state index in [4.69, 9.17) is 5.73 Å². The number of aromatic nitrogens is 2. The van der Waals surface area contributed by atoms with E-state index in [1.54, 1.807) is 24.0 Å². The third kappa shape index (κ3) is 3.83. The molecule has 0 aromatic carbocycles. The summed E-state index contributed by atoms with van der Waals surface area (Å²) in [6.07, 6.45) is 6.62. The molecule has 1 aliphatic rings. The summed E-state index contributed by atoms with van der Waals surface area (Å²) in [4.78, 5) is 21.1. The van der Waals surface area contributed by atoms with Crippen molar-refractivity contribution in [1.82, 2.24) is 14.5 Å². The molecule has 118 valence electrons. The molecular formula is C15H27N5O. The zero-order valence-corrected chi connectivity index (χ0v) is 13.2. The fourth-order valence-electron chi connectivity index (χ4n) is 3.05. The van der Waals surface area contributed by atoms with Crippen LogP contribution in [0.4, 0.5) is 5.82 Å². The highest BCUT2D eigenvalue weighted by molar-refractivity contribution is 5.35. The Bertz CT molecular complexity index is 501. The predicted octanol–water partition coefficient (Wildman–Crippen LogP) is 0.420. The zero-order chi connectivity index (χ0) is 15.2. The molecule has 1 atom stereocenters. The van der Waals surface area contributed by atoms with E-state index in [9.17, 15) is 4.79 Å². The van der Waals surface area contributed by atoms with Gasteiger partial charge < -0.3 is 15.2 Å². The SMILES string of the molecule is CCC(CCN)N1CCCN(c2nccn(C)c2=O)CC1. The number of hydrogen-bond acceptors (Lipinski definition) is 5. The van der Waals surface area contributed by atoms with Gasteiger partial charge in [-0.3, -0.25) is 9.69 Å². The van der Waals surface area contributed by atoms with Crippen molar-refractivity contribution in [3.05, 3.63) is 22.7 Å². The van der Waals surface area contributed by atoms with Crippen molar-refractivity contribution in [2.24, 2.45) is 12.8 Å². The molecule has 0 aliphatic carbocycles. The summed E-state index contributed by atoms with van der Waals surface area (Å²) in [5.74, 6) is 0.578. The van der Waals surface area contributed by atoms with Crippen molar-refractivity contribution in [3.8, 4) is 0 Å². The summed E-state index contributed by atoms with van der Waals surface area (Å²) in [7, 11) is 1.77. The highest BCUT2D eigenvalue weighted by atomic mass is 16.1. The second-order valence-electron chi connectivity index (χ2n) is 5.68. The number of hydrogen-bond donors (Lipinski definition) is 1. The van der Waals surface area contributed by atoms with E-state index in [-0.39, 0.29) is 5.56 Å². The summed E-state index contributed by atoms with van der Waals surface area (Å²) in [5, 5.41) is 0. The smallest absolute Gasteiger partial charge is 0.293 e. The molecule has 0 radical (unpaired) electrons. The molecule has 0 spiro atoms. The summed E-state index contributed by atoms with van der Waals surface area (Å²) in [6, 6.07) is 0.557. The highest BCUT2D eigenvalue weighted by Crippen LogP contribution is 2.14. The van der Waals surface area contributed by atoms with E-state index in [0.29, 0.717) is 11.9 Å². The Balaban J connectivity index is 2.07. The first-order chi connectivity index (χ1) is 10.2. The Morgan fingerprint density at radius 2 is 2.14 bits per heavy atom. The van der Waals surface area contributed by atoms with Crippen LogP contribution < -0.4 is 16.2 Å². The highest BCUT2D eigenvalue weighted by Gasteiger charge is 2.22. The van der Waals surface area contributed by atoms with Crippen LogP contribution in [0.2, 0.25) is 0 Å². The average Bonchev–Trinajstić information content (AvgIpc) is 2.73. The maximum atomic E-state index is 12.2. The topological polar surface area (TPSA) is 67.4 Å². The van der Waals surface area contributed by atoms with Gasteiger partial charge in [0.1, 0.15) is 0 Å². The lowest BCUT2D eigenvalue weighted by molar-refractivity contribution is 0.196. The first kappa shape index (κ1) is 16.0. The minimum absolute atomic E-state index is 0.0139. The molecule has 2 heterocycles. The minimum Gasteiger partial charge on any atom is -0.351 e. The van der Waals surface area contributed by atoms with Crippen molar-refractivity contribution >= 4 is 5.82 Å². The van der Waals surface area contributed by atoms with Crippen LogP contribution in [0, 0.1) is 0 Å². The summed E-state index contributed by atoms with van der Waals surface area (Å²) in [5.41, 5.74) is 5.70. The number of nitrogens with two attached hydrogens (primary N) is 1. The average molecular weight is 293 g/mol. The van der Waals surface area contributed by atoms with Crippen LogP contribution in [-0.4, -0.2) is 53.2 Å². The van der Waals surface area contributed by atoms with Crippen LogP contribution in [0.25, 0.3) is 0 Å². The van der Waals surface area contributed by atoms with E-state index in [1.807, 2.05) is 0 Å². The molecule has 21 heavy (non-hydrogen) atoms. The van der Waals surface area contributed by atoms with E-state index in [0.717, 1.165) is 52.0 Å². The van der Waals surface area contributed by atoms with Crippen LogP contribution in [0.3, 0.4) is 0 Å². The molecule has 1 aromatic heterocycles. The van der Waals surface area contributed by atoms with Crippen LogP contribution in [0.5, 0.6) is 0 Å². The van der Waals surface area contributed by atoms with Crippen LogP contribution >= 0.6 is 0 Å². The Labute approximate surface area is 126 Å². The van der Waals surface area contributed by atoms with E-state index >= 15 is 0 Å². The van der Waals surface area contributed by atoms with Gasteiger partial charge in [0.15, 0.2) is 5.82 Å². The lowest BCUT2D eigenvalue weighted by Gasteiger charge is -2.29.